The molecular formula is C81H139N17O3S. The van der Waals surface area contributed by atoms with Crippen LogP contribution < -0.4 is 0 Å². The van der Waals surface area contributed by atoms with Crippen LogP contribution in [0.2, 0.25) is 0 Å². The van der Waals surface area contributed by atoms with E-state index in [2.05, 4.69) is 215 Å². The highest BCUT2D eigenvalue weighted by molar-refractivity contribution is 7.03. The van der Waals surface area contributed by atoms with Crippen LogP contribution in [0, 0.1) is 0 Å². The molecule has 9 aromatic heterocycles. The van der Waals surface area contributed by atoms with E-state index in [0.717, 1.165) is 58.4 Å². The topological polar surface area (TPSA) is 219 Å². The van der Waals surface area contributed by atoms with Crippen LogP contribution in [0.15, 0.2) is 87.6 Å². The van der Waals surface area contributed by atoms with Gasteiger partial charge in [-0.2, -0.15) is 4.37 Å². The molecule has 0 amide bonds. The zero-order valence-electron chi connectivity index (χ0n) is 61.3. The van der Waals surface area contributed by atoms with Gasteiger partial charge in [0.2, 0.25) is 0 Å². The van der Waals surface area contributed by atoms with Crippen LogP contribution in [0.3, 0.4) is 0 Å². The van der Waals surface area contributed by atoms with Crippen molar-refractivity contribution in [1.82, 2.24) is 83.5 Å². The average Bonchev–Trinajstić information content (AvgIpc) is 1.74. The van der Waals surface area contributed by atoms with Crippen molar-refractivity contribution in [2.75, 3.05) is 0 Å². The third-order valence-corrected chi connectivity index (χ3v) is 19.0. The Morgan fingerprint density at radius 1 is 0.471 bits per heavy atom. The molecule has 0 bridgehead atoms. The van der Waals surface area contributed by atoms with Gasteiger partial charge in [-0.05, 0) is 219 Å². The van der Waals surface area contributed by atoms with Crippen molar-refractivity contribution in [3.05, 3.63) is 142 Å². The fraction of sp³-hybridized carbons (Fsp3) is 0.704. The summed E-state index contributed by atoms with van der Waals surface area (Å²) in [4.78, 5) is 12.2. The molecule has 0 aliphatic heterocycles. The number of rotatable bonds is 17. The molecule has 0 N–H and O–H groups in total. The molecule has 572 valence electrons. The Morgan fingerprint density at radius 3 is 1.53 bits per heavy atom. The lowest BCUT2D eigenvalue weighted by molar-refractivity contribution is 0.299. The SMILES string of the molecule is C.C.C.C.C.C.CC(C)c1cncn1C1CC1.CC(C)c1nncn1C1CC1.CC(C)c1nocc1C1CC1.CC(C)c1nonc1C1CC1.CC(C)c1nscc1C1CC1.CC(C)c1occc1C1CC1.CC(C)n1ccnc1.CC(C)n1cncc1C1CC1.CC(C)n1nnnc1C1CC1. The van der Waals surface area contributed by atoms with Crippen LogP contribution in [0.5, 0.6) is 0 Å². The van der Waals surface area contributed by atoms with Crippen molar-refractivity contribution in [2.24, 2.45) is 0 Å². The molecule has 17 rings (SSSR count). The Hall–Kier alpha value is -6.90. The molecule has 9 aromatic rings. The Bertz CT molecular complexity index is 2840. The average molecular weight is 1430 g/mol. The highest BCUT2D eigenvalue weighted by Crippen LogP contribution is 2.47. The molecule has 102 heavy (non-hydrogen) atoms. The van der Waals surface area contributed by atoms with Crippen molar-refractivity contribution in [2.45, 2.75) is 373 Å². The first kappa shape index (κ1) is 89.3. The number of aromatic nitrogens is 17. The number of furan rings is 1. The Labute approximate surface area is 620 Å². The van der Waals surface area contributed by atoms with Crippen LogP contribution in [0.1, 0.15) is 441 Å². The van der Waals surface area contributed by atoms with E-state index in [1.54, 1.807) is 17.7 Å². The molecule has 21 heteroatoms. The molecule has 8 aliphatic rings. The maximum atomic E-state index is 5.43. The van der Waals surface area contributed by atoms with E-state index in [0.29, 0.717) is 71.5 Å². The van der Waals surface area contributed by atoms with E-state index < -0.39 is 0 Å². The molecule has 0 radical (unpaired) electrons. The molecule has 8 saturated carbocycles. The van der Waals surface area contributed by atoms with Gasteiger partial charge in [0, 0.05) is 107 Å². The van der Waals surface area contributed by atoms with Gasteiger partial charge >= 0.3 is 0 Å². The van der Waals surface area contributed by atoms with Gasteiger partial charge in [-0.25, -0.2) is 24.3 Å². The first-order valence-corrected chi connectivity index (χ1v) is 37.4. The predicted molar refractivity (Wildman–Crippen MR) is 421 cm³/mol. The van der Waals surface area contributed by atoms with Crippen LogP contribution in [0.4, 0.5) is 0 Å². The summed E-state index contributed by atoms with van der Waals surface area (Å²) in [6, 6.07) is 5.11. The number of nitrogens with zero attached hydrogens (tertiary/aromatic N) is 17. The Morgan fingerprint density at radius 2 is 1.04 bits per heavy atom. The Balaban J connectivity index is 0.000000296. The lowest BCUT2D eigenvalue weighted by Crippen LogP contribution is -2.07. The normalized spacial score (nSPS) is 16.1. The molecule has 0 spiro atoms. The molecule has 0 atom stereocenters. The quantitative estimate of drug-likeness (QED) is 0.0828. The summed E-state index contributed by atoms with van der Waals surface area (Å²) >= 11 is 1.61. The molecule has 8 fully saturated rings. The summed E-state index contributed by atoms with van der Waals surface area (Å²) in [5.74, 6) is 11.2. The number of tetrazole rings is 1. The van der Waals surface area contributed by atoms with Gasteiger partial charge in [-0.3, -0.25) is 0 Å². The number of hydrogen-bond donors (Lipinski definition) is 0. The van der Waals surface area contributed by atoms with E-state index >= 15 is 0 Å². The number of imidazole rings is 3. The fourth-order valence-electron chi connectivity index (χ4n) is 11.5. The molecule has 8 aliphatic carbocycles. The van der Waals surface area contributed by atoms with E-state index in [4.69, 9.17) is 13.6 Å². The summed E-state index contributed by atoms with van der Waals surface area (Å²) in [6.07, 6.45) is 40.2. The fourth-order valence-corrected chi connectivity index (χ4v) is 12.4. The lowest BCUT2D eigenvalue weighted by atomic mass is 10.0. The summed E-state index contributed by atoms with van der Waals surface area (Å²) in [7, 11) is 0. The number of hydrogen-bond acceptors (Lipinski definition) is 16. The standard InChI is InChI=1S/C10H14O.2C9H14N2.C9H13NO.C9H13NS.C8H13N3.C8H12N2O.C7H12N4.C6H10N2.6CH4/c1-7(2)10-9(5-6-11-10)8-3-4-8;1-7(2)11-6-10-5-9(11)8-3-4-8;1-7(2)9-5-10-6-11(9)8-3-4-8;2*1-6(2)9-8(5-11-10-9)7-3-4-7;1-6(2)8-10-9-5-11(8)7-3-4-7;1-5(2)7-8(6-3-4-6)10-11-9-7;1-5(2)11-7(6-3-4-6)8-9-10-11;1-6(2)8-4-3-7-5-8;;;;;;/h3*5-8H,3-4H2,1-2H3;3*5-7H,3-4H2,1-2H3;2*5-6H,3-4H2,1-2H3;3-6H,1-2H3;6*1H4. The van der Waals surface area contributed by atoms with E-state index in [1.807, 2.05) is 61.1 Å². The van der Waals surface area contributed by atoms with Crippen LogP contribution in [-0.4, -0.2) is 83.5 Å². The van der Waals surface area contributed by atoms with Crippen molar-refractivity contribution in [1.29, 1.82) is 0 Å². The highest BCUT2D eigenvalue weighted by atomic mass is 32.1. The van der Waals surface area contributed by atoms with Crippen molar-refractivity contribution >= 4 is 11.5 Å². The van der Waals surface area contributed by atoms with E-state index in [-0.39, 0.29) is 44.6 Å². The zero-order valence-corrected chi connectivity index (χ0v) is 62.1. The second kappa shape index (κ2) is 42.2. The third kappa shape index (κ3) is 26.7. The van der Waals surface area contributed by atoms with Crippen LogP contribution >= 0.6 is 11.5 Å². The van der Waals surface area contributed by atoms with Crippen LogP contribution in [-0.2, 0) is 0 Å². The molecule has 0 saturated heterocycles. The smallest absolute Gasteiger partial charge is 0.154 e. The van der Waals surface area contributed by atoms with Gasteiger partial charge in [0.1, 0.15) is 35.6 Å². The van der Waals surface area contributed by atoms with Gasteiger partial charge < -0.3 is 27.2 Å². The van der Waals surface area contributed by atoms with Crippen molar-refractivity contribution < 1.29 is 13.6 Å². The summed E-state index contributed by atoms with van der Waals surface area (Å²) in [5, 5.41) is 33.6. The van der Waals surface area contributed by atoms with Crippen LogP contribution in [0.25, 0.3) is 0 Å². The maximum Gasteiger partial charge on any atom is 0.154 e. The van der Waals surface area contributed by atoms with E-state index in [1.165, 1.54) is 142 Å². The molecule has 0 unspecified atom stereocenters. The molecule has 9 heterocycles. The monoisotopic (exact) mass is 1430 g/mol. The second-order valence-electron chi connectivity index (χ2n) is 30.4. The summed E-state index contributed by atoms with van der Waals surface area (Å²) in [5.41, 5.74) is 11.8. The molecular weight excluding hydrogens is 1290 g/mol. The van der Waals surface area contributed by atoms with Gasteiger partial charge in [0.25, 0.3) is 0 Å². The predicted octanol–water partition coefficient (Wildman–Crippen LogP) is 24.0. The summed E-state index contributed by atoms with van der Waals surface area (Å²) < 4.78 is 30.3. The summed E-state index contributed by atoms with van der Waals surface area (Å²) in [6.45, 7) is 39.0. The Kier molecular flexibility index (Phi) is 36.9. The lowest BCUT2D eigenvalue weighted by Gasteiger charge is -2.10. The molecule has 0 aromatic carbocycles. The third-order valence-electron chi connectivity index (χ3n) is 18.3. The minimum atomic E-state index is 0. The zero-order chi connectivity index (χ0) is 68.7. The van der Waals surface area contributed by atoms with Gasteiger partial charge in [0.15, 0.2) is 5.82 Å². The minimum absolute atomic E-state index is 0. The maximum absolute atomic E-state index is 5.43. The van der Waals surface area contributed by atoms with Crippen molar-refractivity contribution in [3.8, 4) is 0 Å². The minimum Gasteiger partial charge on any atom is -0.469 e. The first-order valence-electron chi connectivity index (χ1n) is 36.6. The first-order chi connectivity index (χ1) is 46.1. The van der Waals surface area contributed by atoms with Gasteiger partial charge in [0.05, 0.1) is 42.7 Å². The molecule has 20 nitrogen and oxygen atoms in total. The largest absolute Gasteiger partial charge is 0.469 e. The van der Waals surface area contributed by atoms with Gasteiger partial charge in [-0.15, -0.1) is 15.3 Å². The van der Waals surface area contributed by atoms with Crippen molar-refractivity contribution in [3.63, 3.8) is 0 Å². The highest BCUT2D eigenvalue weighted by Gasteiger charge is 2.34. The van der Waals surface area contributed by atoms with Gasteiger partial charge in [-0.1, -0.05) is 143 Å². The van der Waals surface area contributed by atoms with E-state index in [9.17, 15) is 0 Å². The second-order valence-corrected chi connectivity index (χ2v) is 31.1.